The van der Waals surface area contributed by atoms with Crippen LogP contribution in [0.2, 0.25) is 0 Å². The molecule has 2 heteroatoms. The summed E-state index contributed by atoms with van der Waals surface area (Å²) in [4.78, 5) is 0. The van der Waals surface area contributed by atoms with Crippen molar-refractivity contribution < 1.29 is 5.11 Å². The normalized spacial score (nSPS) is 17.4. The minimum absolute atomic E-state index is 0.235. The molecule has 0 radical (unpaired) electrons. The Labute approximate surface area is 63.6 Å². The zero-order valence-corrected chi connectivity index (χ0v) is 7.39. The Morgan fingerprint density at radius 2 is 1.70 bits per heavy atom. The fraction of sp³-hybridized carbons (Fsp3) is 1.00. The molecule has 0 spiro atoms. The van der Waals surface area contributed by atoms with E-state index in [0.717, 1.165) is 0 Å². The molecule has 10 heavy (non-hydrogen) atoms. The first-order chi connectivity index (χ1) is 4.54. The van der Waals surface area contributed by atoms with Crippen molar-refractivity contribution in [1.82, 2.24) is 5.32 Å². The summed E-state index contributed by atoms with van der Waals surface area (Å²) in [6, 6.07) is 0.495. The molecule has 0 aliphatic heterocycles. The minimum Gasteiger partial charge on any atom is -0.392 e. The van der Waals surface area contributed by atoms with Gasteiger partial charge < -0.3 is 10.4 Å². The van der Waals surface area contributed by atoms with Crippen molar-refractivity contribution in [1.29, 1.82) is 0 Å². The van der Waals surface area contributed by atoms with Gasteiger partial charge in [0.25, 0.3) is 0 Å². The van der Waals surface area contributed by atoms with Gasteiger partial charge in [0, 0.05) is 12.6 Å². The van der Waals surface area contributed by atoms with Crippen molar-refractivity contribution in [3.63, 3.8) is 0 Å². The van der Waals surface area contributed by atoms with E-state index >= 15 is 0 Å². The lowest BCUT2D eigenvalue weighted by molar-refractivity contribution is 0.183. The van der Waals surface area contributed by atoms with Crippen LogP contribution in [0.1, 0.15) is 27.7 Å². The molecule has 0 bridgehead atoms. The molecule has 0 fully saturated rings. The molecular formula is C8H19NO. The van der Waals surface area contributed by atoms with E-state index in [1.807, 2.05) is 0 Å². The lowest BCUT2D eigenvalue weighted by Crippen LogP contribution is -2.35. The van der Waals surface area contributed by atoms with Gasteiger partial charge in [0.2, 0.25) is 0 Å². The van der Waals surface area contributed by atoms with Crippen LogP contribution in [0, 0.1) is 5.92 Å². The van der Waals surface area contributed by atoms with Crippen molar-refractivity contribution in [3.05, 3.63) is 0 Å². The average Bonchev–Trinajstić information content (AvgIpc) is 1.82. The molecule has 0 rings (SSSR count). The Morgan fingerprint density at radius 1 is 1.20 bits per heavy atom. The first kappa shape index (κ1) is 9.92. The van der Waals surface area contributed by atoms with Crippen LogP contribution < -0.4 is 5.32 Å². The maximum Gasteiger partial charge on any atom is 0.0636 e. The zero-order chi connectivity index (χ0) is 8.15. The Kier molecular flexibility index (Phi) is 4.65. The molecule has 2 atom stereocenters. The molecule has 0 aliphatic carbocycles. The van der Waals surface area contributed by atoms with Crippen LogP contribution in [0.4, 0.5) is 0 Å². The fourth-order valence-electron chi connectivity index (χ4n) is 0.592. The highest BCUT2D eigenvalue weighted by Crippen LogP contribution is 1.98. The van der Waals surface area contributed by atoms with Gasteiger partial charge in [-0.3, -0.25) is 0 Å². The molecule has 0 saturated heterocycles. The van der Waals surface area contributed by atoms with Crippen LogP contribution in [0.25, 0.3) is 0 Å². The molecule has 0 aliphatic rings. The molecule has 62 valence electrons. The van der Waals surface area contributed by atoms with E-state index in [0.29, 0.717) is 18.5 Å². The second kappa shape index (κ2) is 4.69. The van der Waals surface area contributed by atoms with Crippen molar-refractivity contribution in [2.45, 2.75) is 39.8 Å². The van der Waals surface area contributed by atoms with Gasteiger partial charge in [0.15, 0.2) is 0 Å². The SMILES string of the molecule is CC(C)C(C)NC[C@H](C)O. The average molecular weight is 145 g/mol. The van der Waals surface area contributed by atoms with E-state index in [9.17, 15) is 0 Å². The van der Waals surface area contributed by atoms with Gasteiger partial charge in [0.05, 0.1) is 6.10 Å². The van der Waals surface area contributed by atoms with Gasteiger partial charge in [-0.15, -0.1) is 0 Å². The molecule has 2 N–H and O–H groups in total. The van der Waals surface area contributed by atoms with Crippen LogP contribution in [0.15, 0.2) is 0 Å². The van der Waals surface area contributed by atoms with Crippen LogP contribution in [-0.2, 0) is 0 Å². The highest BCUT2D eigenvalue weighted by atomic mass is 16.3. The van der Waals surface area contributed by atoms with Crippen molar-refractivity contribution >= 4 is 0 Å². The largest absolute Gasteiger partial charge is 0.392 e. The molecule has 0 heterocycles. The number of aliphatic hydroxyl groups excluding tert-OH is 1. The number of aliphatic hydroxyl groups is 1. The van der Waals surface area contributed by atoms with E-state index in [1.165, 1.54) is 0 Å². The van der Waals surface area contributed by atoms with E-state index < -0.39 is 0 Å². The molecule has 0 aromatic carbocycles. The maximum atomic E-state index is 8.92. The monoisotopic (exact) mass is 145 g/mol. The summed E-state index contributed by atoms with van der Waals surface area (Å²) in [7, 11) is 0. The van der Waals surface area contributed by atoms with Crippen molar-refractivity contribution in [2.24, 2.45) is 5.92 Å². The first-order valence-corrected chi connectivity index (χ1v) is 3.95. The van der Waals surface area contributed by atoms with E-state index in [2.05, 4.69) is 26.1 Å². The van der Waals surface area contributed by atoms with Gasteiger partial charge in [-0.05, 0) is 19.8 Å². The molecule has 0 aromatic rings. The third-order valence-electron chi connectivity index (χ3n) is 1.74. The number of nitrogens with one attached hydrogen (secondary N) is 1. The summed E-state index contributed by atoms with van der Waals surface area (Å²) in [6.45, 7) is 8.95. The zero-order valence-electron chi connectivity index (χ0n) is 7.39. The van der Waals surface area contributed by atoms with E-state index in [4.69, 9.17) is 5.11 Å². The third kappa shape index (κ3) is 4.77. The smallest absolute Gasteiger partial charge is 0.0636 e. The highest BCUT2D eigenvalue weighted by molar-refractivity contribution is 4.65. The van der Waals surface area contributed by atoms with Crippen LogP contribution >= 0.6 is 0 Å². The topological polar surface area (TPSA) is 32.3 Å². The fourth-order valence-corrected chi connectivity index (χ4v) is 0.592. The summed E-state index contributed by atoms with van der Waals surface area (Å²) in [6.07, 6.45) is -0.235. The molecular weight excluding hydrogens is 126 g/mol. The van der Waals surface area contributed by atoms with Gasteiger partial charge in [0.1, 0.15) is 0 Å². The second-order valence-electron chi connectivity index (χ2n) is 3.29. The molecule has 2 nitrogen and oxygen atoms in total. The predicted molar refractivity (Wildman–Crippen MR) is 44.0 cm³/mol. The minimum atomic E-state index is -0.235. The number of hydrogen-bond donors (Lipinski definition) is 2. The van der Waals surface area contributed by atoms with Crippen LogP contribution in [0.5, 0.6) is 0 Å². The standard InChI is InChI=1S/C8H19NO/c1-6(2)8(4)9-5-7(3)10/h6-10H,5H2,1-4H3/t7-,8?/m0/s1. The quantitative estimate of drug-likeness (QED) is 0.618. The molecule has 0 aromatic heterocycles. The number of rotatable bonds is 4. The Balaban J connectivity index is 3.30. The summed E-state index contributed by atoms with van der Waals surface area (Å²) in [5.74, 6) is 0.638. The molecule has 0 saturated carbocycles. The third-order valence-corrected chi connectivity index (χ3v) is 1.74. The lowest BCUT2D eigenvalue weighted by Gasteiger charge is -2.18. The number of hydrogen-bond acceptors (Lipinski definition) is 2. The highest BCUT2D eigenvalue weighted by Gasteiger charge is 2.05. The van der Waals surface area contributed by atoms with Gasteiger partial charge >= 0.3 is 0 Å². The van der Waals surface area contributed by atoms with Gasteiger partial charge in [-0.2, -0.15) is 0 Å². The predicted octanol–water partition coefficient (Wildman–Crippen LogP) is 1.00. The van der Waals surface area contributed by atoms with Crippen LogP contribution in [-0.4, -0.2) is 23.8 Å². The van der Waals surface area contributed by atoms with E-state index in [1.54, 1.807) is 6.92 Å². The molecule has 0 amide bonds. The Morgan fingerprint density at radius 3 is 2.00 bits per heavy atom. The summed E-state index contributed by atoms with van der Waals surface area (Å²) in [5.41, 5.74) is 0. The Hall–Kier alpha value is -0.0800. The summed E-state index contributed by atoms with van der Waals surface area (Å²) in [5, 5.41) is 12.2. The van der Waals surface area contributed by atoms with E-state index in [-0.39, 0.29) is 6.10 Å². The van der Waals surface area contributed by atoms with Gasteiger partial charge in [-0.25, -0.2) is 0 Å². The second-order valence-corrected chi connectivity index (χ2v) is 3.29. The molecule has 1 unspecified atom stereocenters. The van der Waals surface area contributed by atoms with Crippen molar-refractivity contribution in [3.8, 4) is 0 Å². The maximum absolute atomic E-state index is 8.92. The lowest BCUT2D eigenvalue weighted by atomic mass is 10.1. The van der Waals surface area contributed by atoms with Gasteiger partial charge in [-0.1, -0.05) is 13.8 Å². The first-order valence-electron chi connectivity index (χ1n) is 3.95. The summed E-state index contributed by atoms with van der Waals surface area (Å²) < 4.78 is 0. The van der Waals surface area contributed by atoms with Crippen LogP contribution in [0.3, 0.4) is 0 Å². The summed E-state index contributed by atoms with van der Waals surface area (Å²) >= 11 is 0. The Bertz CT molecular complexity index is 81.3. The van der Waals surface area contributed by atoms with Crippen molar-refractivity contribution in [2.75, 3.05) is 6.54 Å².